The third kappa shape index (κ3) is 1.65. The summed E-state index contributed by atoms with van der Waals surface area (Å²) in [5, 5.41) is 9.26. The van der Waals surface area contributed by atoms with Gasteiger partial charge in [-0.25, -0.2) is 9.97 Å². The zero-order valence-electron chi connectivity index (χ0n) is 7.71. The first-order valence-corrected chi connectivity index (χ1v) is 4.30. The first kappa shape index (κ1) is 8.90. The Kier molecular flexibility index (Phi) is 2.28. The average Bonchev–Trinajstić information content (AvgIpc) is 2.68. The van der Waals surface area contributed by atoms with Gasteiger partial charge in [-0.2, -0.15) is 0 Å². The van der Waals surface area contributed by atoms with Crippen molar-refractivity contribution in [2.24, 2.45) is 0 Å². The highest BCUT2D eigenvalue weighted by Crippen LogP contribution is 2.23. The smallest absolute Gasteiger partial charge is 0.137 e. The maximum atomic E-state index is 9.26. The highest BCUT2D eigenvalue weighted by Gasteiger charge is 2.08. The first-order valence-electron chi connectivity index (χ1n) is 4.30. The van der Waals surface area contributed by atoms with Gasteiger partial charge in [-0.15, -0.1) is 0 Å². The van der Waals surface area contributed by atoms with Crippen LogP contribution in [-0.2, 0) is 0 Å². The summed E-state index contributed by atoms with van der Waals surface area (Å²) in [7, 11) is 0. The van der Waals surface area contributed by atoms with E-state index in [0.29, 0.717) is 11.5 Å². The molecule has 0 aliphatic carbocycles. The van der Waals surface area contributed by atoms with Crippen LogP contribution in [0.5, 0.6) is 0 Å². The van der Waals surface area contributed by atoms with Gasteiger partial charge in [0.1, 0.15) is 24.0 Å². The first-order chi connectivity index (χ1) is 6.77. The minimum Gasteiger partial charge on any atom is -0.458 e. The number of furan rings is 1. The van der Waals surface area contributed by atoms with Crippen LogP contribution >= 0.6 is 0 Å². The Morgan fingerprint density at radius 3 is 2.57 bits per heavy atom. The van der Waals surface area contributed by atoms with Crippen molar-refractivity contribution in [1.82, 2.24) is 9.97 Å². The van der Waals surface area contributed by atoms with E-state index in [9.17, 15) is 5.11 Å². The van der Waals surface area contributed by atoms with Crippen molar-refractivity contribution in [3.63, 3.8) is 0 Å². The zero-order valence-corrected chi connectivity index (χ0v) is 7.71. The van der Waals surface area contributed by atoms with Crippen molar-refractivity contribution >= 4 is 0 Å². The number of hydrogen-bond donors (Lipinski definition) is 1. The molecule has 2 rings (SSSR count). The second-order valence-corrected chi connectivity index (χ2v) is 3.01. The molecule has 0 amide bonds. The largest absolute Gasteiger partial charge is 0.458 e. The van der Waals surface area contributed by atoms with E-state index >= 15 is 0 Å². The van der Waals surface area contributed by atoms with Gasteiger partial charge < -0.3 is 9.52 Å². The van der Waals surface area contributed by atoms with E-state index in [-0.39, 0.29) is 0 Å². The summed E-state index contributed by atoms with van der Waals surface area (Å²) in [4.78, 5) is 7.76. The molecule has 4 heteroatoms. The molecule has 0 saturated heterocycles. The number of nitrogens with zero attached hydrogens (tertiary/aromatic N) is 2. The molecule has 2 heterocycles. The van der Waals surface area contributed by atoms with Gasteiger partial charge >= 0.3 is 0 Å². The predicted molar refractivity (Wildman–Crippen MR) is 50.4 cm³/mol. The molecule has 0 aliphatic rings. The van der Waals surface area contributed by atoms with E-state index in [1.165, 1.54) is 6.33 Å². The minimum absolute atomic E-state index is 0.545. The molecule has 72 valence electrons. The number of aliphatic hydroxyl groups excluding tert-OH is 1. The topological polar surface area (TPSA) is 59.2 Å². The van der Waals surface area contributed by atoms with Crippen LogP contribution in [0.4, 0.5) is 0 Å². The van der Waals surface area contributed by atoms with E-state index in [4.69, 9.17) is 4.42 Å². The summed E-state index contributed by atoms with van der Waals surface area (Å²) < 4.78 is 5.40. The van der Waals surface area contributed by atoms with Crippen molar-refractivity contribution in [2.45, 2.75) is 13.0 Å². The third-order valence-electron chi connectivity index (χ3n) is 1.88. The van der Waals surface area contributed by atoms with E-state index < -0.39 is 6.10 Å². The fraction of sp³-hybridized carbons (Fsp3) is 0.200. The minimum atomic E-state index is -0.589. The van der Waals surface area contributed by atoms with Crippen LogP contribution in [0, 0.1) is 0 Å². The molecule has 0 bridgehead atoms. The highest BCUT2D eigenvalue weighted by molar-refractivity contribution is 5.54. The molecule has 2 aromatic heterocycles. The number of hydrogen-bond acceptors (Lipinski definition) is 4. The van der Waals surface area contributed by atoms with Crippen molar-refractivity contribution in [3.05, 3.63) is 36.6 Å². The van der Waals surface area contributed by atoms with Gasteiger partial charge in [0.25, 0.3) is 0 Å². The molecule has 0 saturated carbocycles. The lowest BCUT2D eigenvalue weighted by Gasteiger charge is -1.98. The monoisotopic (exact) mass is 190 g/mol. The maximum Gasteiger partial charge on any atom is 0.137 e. The van der Waals surface area contributed by atoms with Crippen molar-refractivity contribution in [2.75, 3.05) is 0 Å². The van der Waals surface area contributed by atoms with Gasteiger partial charge in [-0.05, 0) is 19.1 Å². The van der Waals surface area contributed by atoms with Crippen molar-refractivity contribution < 1.29 is 9.52 Å². The summed E-state index contributed by atoms with van der Waals surface area (Å²) in [6.07, 6.45) is 4.20. The van der Waals surface area contributed by atoms with Crippen molar-refractivity contribution in [1.29, 1.82) is 0 Å². The van der Waals surface area contributed by atoms with Crippen LogP contribution in [0.3, 0.4) is 0 Å². The van der Waals surface area contributed by atoms with Crippen LogP contribution in [0.15, 0.2) is 35.3 Å². The van der Waals surface area contributed by atoms with Crippen LogP contribution in [0.1, 0.15) is 18.8 Å². The second kappa shape index (κ2) is 3.59. The molecule has 14 heavy (non-hydrogen) atoms. The van der Waals surface area contributed by atoms with Crippen LogP contribution in [-0.4, -0.2) is 15.1 Å². The molecule has 1 atom stereocenters. The molecule has 0 fully saturated rings. The van der Waals surface area contributed by atoms with Gasteiger partial charge in [-0.1, -0.05) is 0 Å². The average molecular weight is 190 g/mol. The van der Waals surface area contributed by atoms with E-state index in [0.717, 1.165) is 5.56 Å². The molecule has 1 N–H and O–H groups in total. The fourth-order valence-corrected chi connectivity index (χ4v) is 1.16. The van der Waals surface area contributed by atoms with Gasteiger partial charge in [-0.3, -0.25) is 0 Å². The molecule has 2 aromatic rings. The lowest BCUT2D eigenvalue weighted by Crippen LogP contribution is -1.85. The number of rotatable bonds is 2. The molecule has 4 nitrogen and oxygen atoms in total. The van der Waals surface area contributed by atoms with Gasteiger partial charge in [0.15, 0.2) is 0 Å². The van der Waals surface area contributed by atoms with Crippen LogP contribution in [0.2, 0.25) is 0 Å². The SMILES string of the molecule is CC(O)c1ccc(-c2cncnc2)o1. The van der Waals surface area contributed by atoms with E-state index in [2.05, 4.69) is 9.97 Å². The summed E-state index contributed by atoms with van der Waals surface area (Å²) in [6.45, 7) is 1.66. The quantitative estimate of drug-likeness (QED) is 0.784. The lowest BCUT2D eigenvalue weighted by molar-refractivity contribution is 0.170. The van der Waals surface area contributed by atoms with Crippen LogP contribution in [0.25, 0.3) is 11.3 Å². The summed E-state index contributed by atoms with van der Waals surface area (Å²) in [6, 6.07) is 3.54. The molecule has 0 aliphatic heterocycles. The van der Waals surface area contributed by atoms with Crippen LogP contribution < -0.4 is 0 Å². The predicted octanol–water partition coefficient (Wildman–Crippen LogP) is 1.79. The molecule has 1 unspecified atom stereocenters. The van der Waals surface area contributed by atoms with E-state index in [1.54, 1.807) is 31.5 Å². The zero-order chi connectivity index (χ0) is 9.97. The fourth-order valence-electron chi connectivity index (χ4n) is 1.16. The molecule has 0 radical (unpaired) electrons. The van der Waals surface area contributed by atoms with Gasteiger partial charge in [0, 0.05) is 12.4 Å². The Morgan fingerprint density at radius 1 is 1.29 bits per heavy atom. The van der Waals surface area contributed by atoms with Gasteiger partial charge in [0.05, 0.1) is 5.56 Å². The Labute approximate surface area is 81.2 Å². The standard InChI is InChI=1S/C10H10N2O2/c1-7(13)9-2-3-10(14-9)8-4-11-6-12-5-8/h2-7,13H,1H3. The summed E-state index contributed by atoms with van der Waals surface area (Å²) >= 11 is 0. The highest BCUT2D eigenvalue weighted by atomic mass is 16.4. The second-order valence-electron chi connectivity index (χ2n) is 3.01. The normalized spacial score (nSPS) is 12.7. The third-order valence-corrected chi connectivity index (χ3v) is 1.88. The molecule has 0 aromatic carbocycles. The molecule has 0 spiro atoms. The Morgan fingerprint density at radius 2 is 2.00 bits per heavy atom. The molecular weight excluding hydrogens is 180 g/mol. The summed E-state index contributed by atoms with van der Waals surface area (Å²) in [5.74, 6) is 1.21. The van der Waals surface area contributed by atoms with Gasteiger partial charge in [0.2, 0.25) is 0 Å². The number of aliphatic hydroxyl groups is 1. The van der Waals surface area contributed by atoms with E-state index in [1.807, 2.05) is 0 Å². The Bertz CT molecular complexity index is 409. The Balaban J connectivity index is 2.34. The molecular formula is C10H10N2O2. The van der Waals surface area contributed by atoms with Crippen molar-refractivity contribution in [3.8, 4) is 11.3 Å². The number of aromatic nitrogens is 2. The maximum absolute atomic E-state index is 9.26. The lowest BCUT2D eigenvalue weighted by atomic mass is 10.2. The summed E-state index contributed by atoms with van der Waals surface area (Å²) in [5.41, 5.74) is 0.805. The Hall–Kier alpha value is -1.68.